The molecule has 1 aromatic heterocycles. The van der Waals surface area contributed by atoms with Gasteiger partial charge < -0.3 is 10.1 Å². The maximum absolute atomic E-state index is 10.8. The third kappa shape index (κ3) is 3.35. The van der Waals surface area contributed by atoms with E-state index in [-0.39, 0.29) is 11.8 Å². The van der Waals surface area contributed by atoms with Gasteiger partial charge in [0, 0.05) is 10.9 Å². The lowest BCUT2D eigenvalue weighted by molar-refractivity contribution is -0.139. The zero-order valence-corrected chi connectivity index (χ0v) is 12.8. The fourth-order valence-corrected chi connectivity index (χ4v) is 2.88. The van der Waals surface area contributed by atoms with Crippen LogP contribution in [0.1, 0.15) is 31.7 Å². The number of carboxylic acids is 1. The van der Waals surface area contributed by atoms with Crippen LogP contribution in [0.2, 0.25) is 0 Å². The Labute approximate surface area is 120 Å². The third-order valence-corrected chi connectivity index (χ3v) is 3.52. The van der Waals surface area contributed by atoms with E-state index >= 15 is 0 Å². The summed E-state index contributed by atoms with van der Waals surface area (Å²) in [6.07, 6.45) is 0.748. The summed E-state index contributed by atoms with van der Waals surface area (Å²) in [5.41, 5.74) is 2.71. The first-order valence-corrected chi connectivity index (χ1v) is 6.93. The summed E-state index contributed by atoms with van der Waals surface area (Å²) >= 11 is 3.46. The fourth-order valence-electron chi connectivity index (χ4n) is 2.31. The number of hydrogen-bond acceptors (Lipinski definition) is 2. The van der Waals surface area contributed by atoms with Crippen molar-refractivity contribution in [3.8, 4) is 0 Å². The highest BCUT2D eigenvalue weighted by Crippen LogP contribution is 2.27. The smallest absolute Gasteiger partial charge is 0.303 e. The van der Waals surface area contributed by atoms with E-state index in [2.05, 4.69) is 25.9 Å². The second-order valence-corrected chi connectivity index (χ2v) is 6.63. The lowest BCUT2D eigenvalue weighted by Gasteiger charge is -2.20. The van der Waals surface area contributed by atoms with Crippen molar-refractivity contribution >= 4 is 32.9 Å². The Morgan fingerprint density at radius 2 is 2.16 bits per heavy atom. The zero-order chi connectivity index (χ0) is 14.2. The van der Waals surface area contributed by atoms with Gasteiger partial charge in [0.15, 0.2) is 0 Å². The molecule has 0 spiro atoms. The van der Waals surface area contributed by atoms with E-state index in [4.69, 9.17) is 5.11 Å². The molecule has 5 heteroatoms. The Morgan fingerprint density at radius 1 is 1.47 bits per heavy atom. The van der Waals surface area contributed by atoms with Gasteiger partial charge in [-0.2, -0.15) is 0 Å². The molecule has 0 amide bonds. The van der Waals surface area contributed by atoms with E-state index in [1.807, 2.05) is 32.9 Å². The summed E-state index contributed by atoms with van der Waals surface area (Å²) < 4.78 is 1.01. The minimum atomic E-state index is -0.778. The molecule has 0 aliphatic heterocycles. The van der Waals surface area contributed by atoms with Crippen molar-refractivity contribution in [1.29, 1.82) is 0 Å². The van der Waals surface area contributed by atoms with E-state index < -0.39 is 5.97 Å². The van der Waals surface area contributed by atoms with Crippen LogP contribution >= 0.6 is 15.9 Å². The first-order chi connectivity index (χ1) is 8.77. The minimum absolute atomic E-state index is 0.132. The molecule has 4 nitrogen and oxygen atoms in total. The first kappa shape index (κ1) is 14.1. The lowest BCUT2D eigenvalue weighted by atomic mass is 9.85. The Kier molecular flexibility index (Phi) is 3.67. The van der Waals surface area contributed by atoms with Crippen LogP contribution in [-0.4, -0.2) is 21.0 Å². The van der Waals surface area contributed by atoms with Crippen LogP contribution in [0, 0.1) is 12.3 Å². The number of aryl methyl sites for hydroxylation is 1. The van der Waals surface area contributed by atoms with Crippen LogP contribution in [0.25, 0.3) is 11.0 Å². The summed E-state index contributed by atoms with van der Waals surface area (Å²) in [6.45, 7) is 5.90. The number of aromatic amines is 1. The van der Waals surface area contributed by atoms with Crippen LogP contribution in [-0.2, 0) is 11.2 Å². The zero-order valence-electron chi connectivity index (χ0n) is 11.2. The van der Waals surface area contributed by atoms with Crippen molar-refractivity contribution in [2.75, 3.05) is 0 Å². The van der Waals surface area contributed by atoms with Gasteiger partial charge in [-0.3, -0.25) is 4.79 Å². The van der Waals surface area contributed by atoms with Gasteiger partial charge in [-0.15, -0.1) is 0 Å². The van der Waals surface area contributed by atoms with Gasteiger partial charge >= 0.3 is 5.97 Å². The molecule has 1 aromatic carbocycles. The molecule has 0 saturated heterocycles. The van der Waals surface area contributed by atoms with Crippen LogP contribution in [0.5, 0.6) is 0 Å². The highest BCUT2D eigenvalue weighted by Gasteiger charge is 2.24. The van der Waals surface area contributed by atoms with Crippen molar-refractivity contribution in [3.63, 3.8) is 0 Å². The number of carbonyl (C=O) groups is 1. The molecule has 0 aliphatic carbocycles. The molecule has 0 aliphatic rings. The van der Waals surface area contributed by atoms with E-state index in [9.17, 15) is 4.79 Å². The Bertz CT molecular complexity index is 632. The van der Waals surface area contributed by atoms with Crippen LogP contribution < -0.4 is 0 Å². The Morgan fingerprint density at radius 3 is 2.79 bits per heavy atom. The van der Waals surface area contributed by atoms with Gasteiger partial charge in [-0.05, 0) is 30.0 Å². The van der Waals surface area contributed by atoms with Crippen molar-refractivity contribution in [2.45, 2.75) is 33.6 Å². The molecule has 19 heavy (non-hydrogen) atoms. The quantitative estimate of drug-likeness (QED) is 0.901. The van der Waals surface area contributed by atoms with Crippen LogP contribution in [0.4, 0.5) is 0 Å². The van der Waals surface area contributed by atoms with Crippen molar-refractivity contribution in [1.82, 2.24) is 9.97 Å². The number of nitrogens with zero attached hydrogens (tertiary/aromatic N) is 1. The maximum atomic E-state index is 10.8. The van der Waals surface area contributed by atoms with Gasteiger partial charge in [-0.25, -0.2) is 4.98 Å². The molecule has 0 radical (unpaired) electrons. The van der Waals surface area contributed by atoms with Crippen molar-refractivity contribution in [3.05, 3.63) is 28.0 Å². The molecule has 102 valence electrons. The Hall–Kier alpha value is -1.36. The molecular formula is C14H17BrN2O2. The highest BCUT2D eigenvalue weighted by atomic mass is 79.9. The molecule has 0 atom stereocenters. The number of aromatic nitrogens is 2. The molecule has 0 saturated carbocycles. The van der Waals surface area contributed by atoms with Crippen LogP contribution in [0.3, 0.4) is 0 Å². The molecule has 0 bridgehead atoms. The number of aliphatic carboxylic acids is 1. The first-order valence-electron chi connectivity index (χ1n) is 6.13. The number of rotatable bonds is 4. The summed E-state index contributed by atoms with van der Waals surface area (Å²) in [5, 5.41) is 8.91. The SMILES string of the molecule is Cc1cc(Br)cc2[nH]c(CC(C)(C)CC(=O)O)nc12. The summed E-state index contributed by atoms with van der Waals surface area (Å²) in [4.78, 5) is 18.7. The van der Waals surface area contributed by atoms with Gasteiger partial charge in [-0.1, -0.05) is 29.8 Å². The minimum Gasteiger partial charge on any atom is -0.481 e. The van der Waals surface area contributed by atoms with Crippen molar-refractivity contribution < 1.29 is 9.90 Å². The number of nitrogens with one attached hydrogen (secondary N) is 1. The Balaban J connectivity index is 2.32. The second kappa shape index (κ2) is 4.96. The summed E-state index contributed by atoms with van der Waals surface area (Å²) in [5.74, 6) is 0.0579. The normalized spacial score (nSPS) is 12.0. The predicted molar refractivity (Wildman–Crippen MR) is 78.3 cm³/mol. The average Bonchev–Trinajstić information content (AvgIpc) is 2.56. The monoisotopic (exact) mass is 324 g/mol. The van der Waals surface area contributed by atoms with E-state index in [0.717, 1.165) is 26.9 Å². The number of benzene rings is 1. The number of H-pyrrole nitrogens is 1. The number of imidazole rings is 1. The topological polar surface area (TPSA) is 66.0 Å². The predicted octanol–water partition coefficient (Wildman–Crippen LogP) is 3.68. The van der Waals surface area contributed by atoms with Gasteiger partial charge in [0.05, 0.1) is 17.5 Å². The average molecular weight is 325 g/mol. The molecule has 2 rings (SSSR count). The highest BCUT2D eigenvalue weighted by molar-refractivity contribution is 9.10. The molecule has 0 unspecified atom stereocenters. The second-order valence-electron chi connectivity index (χ2n) is 5.71. The number of carboxylic acid groups (broad SMARTS) is 1. The number of hydrogen-bond donors (Lipinski definition) is 2. The summed E-state index contributed by atoms with van der Waals surface area (Å²) in [6, 6.07) is 4.01. The molecule has 2 aromatic rings. The standard InChI is InChI=1S/C14H17BrN2O2/c1-8-4-9(15)5-10-13(8)17-11(16-10)6-14(2,3)7-12(18)19/h4-5H,6-7H2,1-3H3,(H,16,17)(H,18,19). The fraction of sp³-hybridized carbons (Fsp3) is 0.429. The largest absolute Gasteiger partial charge is 0.481 e. The summed E-state index contributed by atoms with van der Waals surface area (Å²) in [7, 11) is 0. The van der Waals surface area contributed by atoms with Gasteiger partial charge in [0.1, 0.15) is 5.82 Å². The maximum Gasteiger partial charge on any atom is 0.303 e. The van der Waals surface area contributed by atoms with E-state index in [0.29, 0.717) is 6.42 Å². The number of halogens is 1. The molecule has 0 fully saturated rings. The van der Waals surface area contributed by atoms with Gasteiger partial charge in [0.2, 0.25) is 0 Å². The molecule has 1 heterocycles. The molecule has 2 N–H and O–H groups in total. The molecular weight excluding hydrogens is 308 g/mol. The van der Waals surface area contributed by atoms with Crippen molar-refractivity contribution in [2.24, 2.45) is 5.41 Å². The lowest BCUT2D eigenvalue weighted by Crippen LogP contribution is -2.20. The third-order valence-electron chi connectivity index (χ3n) is 3.07. The van der Waals surface area contributed by atoms with E-state index in [1.165, 1.54) is 0 Å². The van der Waals surface area contributed by atoms with Crippen LogP contribution in [0.15, 0.2) is 16.6 Å². The van der Waals surface area contributed by atoms with E-state index in [1.54, 1.807) is 0 Å². The van der Waals surface area contributed by atoms with Gasteiger partial charge in [0.25, 0.3) is 0 Å². The number of fused-ring (bicyclic) bond motifs is 1.